The Bertz CT molecular complexity index is 4750. The van der Waals surface area contributed by atoms with Gasteiger partial charge in [-0.3, -0.25) is 4.79 Å². The molecule has 0 saturated carbocycles. The zero-order valence-electron chi connectivity index (χ0n) is 77.8. The van der Waals surface area contributed by atoms with Gasteiger partial charge in [0.25, 0.3) is 0 Å². The number of nitrogens with one attached hydrogen (secondary N) is 2. The van der Waals surface area contributed by atoms with Crippen LogP contribution in [0.1, 0.15) is 287 Å². The summed E-state index contributed by atoms with van der Waals surface area (Å²) >= 11 is 0. The van der Waals surface area contributed by atoms with E-state index in [9.17, 15) is 48.5 Å². The van der Waals surface area contributed by atoms with Crippen LogP contribution in [0.3, 0.4) is 0 Å². The molecule has 2 aliphatic rings. The number of aromatic nitrogens is 4. The first-order chi connectivity index (χ1) is 59.2. The van der Waals surface area contributed by atoms with Crippen molar-refractivity contribution in [3.8, 4) is 44.5 Å². The van der Waals surface area contributed by atoms with Crippen LogP contribution in [-0.2, 0) is 57.0 Å². The van der Waals surface area contributed by atoms with E-state index in [0.717, 1.165) is 0 Å². The number of rotatable bonds is 47. The third-order valence-electron chi connectivity index (χ3n) is 23.2. The molecule has 2 N–H and O–H groups in total. The smallest absolute Gasteiger partial charge is 0.744 e. The van der Waals surface area contributed by atoms with Gasteiger partial charge in [-0.25, -0.2) is 40.0 Å². The van der Waals surface area contributed by atoms with E-state index in [0.29, 0.717) is 95.0 Å². The molecule has 9 rings (SSSR count). The molecule has 690 valence electrons. The van der Waals surface area contributed by atoms with Gasteiger partial charge in [0.1, 0.15) is 36.0 Å². The van der Waals surface area contributed by atoms with Gasteiger partial charge in [0.15, 0.2) is 0 Å². The Morgan fingerprint density at radius 1 is 0.344 bits per heavy atom. The van der Waals surface area contributed by atoms with Crippen LogP contribution in [0, 0.1) is 0 Å². The second-order valence-electron chi connectivity index (χ2n) is 34.6. The molecule has 2 aliphatic heterocycles. The first-order valence-corrected chi connectivity index (χ1v) is 50.6. The molecule has 7 aromatic rings. The molecule has 8 bridgehead atoms. The van der Waals surface area contributed by atoms with Crippen LogP contribution in [0.5, 0.6) is 0 Å². The van der Waals surface area contributed by atoms with Crippen LogP contribution < -0.4 is 20.6 Å². The molecule has 0 aliphatic carbocycles. The van der Waals surface area contributed by atoms with Crippen molar-refractivity contribution in [2.45, 2.75) is 285 Å². The van der Waals surface area contributed by atoms with Gasteiger partial charge in [-0.2, -0.15) is 0 Å². The number of nitrogens with zero attached hydrogens (tertiary/aromatic N) is 7. The summed E-state index contributed by atoms with van der Waals surface area (Å²) in [6, 6.07) is 29.6. The zero-order chi connectivity index (χ0) is 91.0. The van der Waals surface area contributed by atoms with Crippen molar-refractivity contribution in [1.29, 1.82) is 0 Å². The largest absolute Gasteiger partial charge is 2.00 e. The average molecular weight is 1820 g/mol. The zero-order valence-corrected chi connectivity index (χ0v) is 81.4. The SMILES string of the molecule is CC(C)(C)OC(=O)NCCC(=O)Nc1ccc(-c2c3nc(c(-c4ccc(S(=O)(=O)[O-])cc4)c4ccc([n-]4)c(-c4ccc(S(=O)(=O)[O-])cc4)c4nc(c(-c5ccc(S(=O)(=O)[O-])cc5)c5ccc2[n-]5)C=C4)C=C3)cc1.CCCC[N+](CCCC)(CCCC)CCCC.CCCC[N+](CCCC)(CCCC)CCCC.CCCC[N+](CCCC)(CCCC)CCCC.[Fe+2]. The van der Waals surface area contributed by atoms with Crippen molar-refractivity contribution in [1.82, 2.24) is 25.3 Å². The summed E-state index contributed by atoms with van der Waals surface area (Å²) in [4.78, 5) is 44.0. The van der Waals surface area contributed by atoms with Crippen LogP contribution in [0.4, 0.5) is 10.5 Å². The van der Waals surface area contributed by atoms with E-state index in [-0.39, 0.29) is 35.9 Å². The van der Waals surface area contributed by atoms with Crippen molar-refractivity contribution in [3.05, 3.63) is 144 Å². The number of benzene rings is 4. The third-order valence-corrected chi connectivity index (χ3v) is 25.8. The minimum Gasteiger partial charge on any atom is -0.744 e. The van der Waals surface area contributed by atoms with Gasteiger partial charge in [0.05, 0.1) is 116 Å². The van der Waals surface area contributed by atoms with Crippen molar-refractivity contribution in [3.63, 3.8) is 0 Å². The minimum atomic E-state index is -4.82. The molecule has 0 atom stereocenters. The molecule has 25 heteroatoms. The molecular weight excluding hydrogens is 1670 g/mol. The molecule has 0 saturated heterocycles. The van der Waals surface area contributed by atoms with Gasteiger partial charge >= 0.3 is 23.2 Å². The van der Waals surface area contributed by atoms with Crippen LogP contribution in [0.25, 0.3) is 90.9 Å². The predicted molar refractivity (Wildman–Crippen MR) is 508 cm³/mol. The average Bonchev–Trinajstić information content (AvgIpc) is 1.62. The first-order valence-electron chi connectivity index (χ1n) is 46.4. The number of amides is 2. The van der Waals surface area contributed by atoms with E-state index in [4.69, 9.17) is 24.7 Å². The normalized spacial score (nSPS) is 12.3. The predicted octanol–water partition coefficient (Wildman–Crippen LogP) is 23.2. The number of carbonyl (C=O) groups excluding carboxylic acids is 2. The summed E-state index contributed by atoms with van der Waals surface area (Å²) in [6.45, 7) is 50.3. The van der Waals surface area contributed by atoms with Crippen molar-refractivity contribution >= 4 is 94.4 Å². The molecule has 3 aromatic heterocycles. The number of ether oxygens (including phenoxy) is 1. The fourth-order valence-electron chi connectivity index (χ4n) is 16.1. The number of fused-ring (bicyclic) bond motifs is 8. The van der Waals surface area contributed by atoms with E-state index < -0.39 is 56.7 Å². The second-order valence-corrected chi connectivity index (χ2v) is 38.7. The van der Waals surface area contributed by atoms with Gasteiger partial charge < -0.3 is 52.4 Å². The molecular formula is C100H147FeN9O12S3. The maximum Gasteiger partial charge on any atom is 2.00 e. The maximum absolute atomic E-state index is 12.9. The molecule has 2 amide bonds. The van der Waals surface area contributed by atoms with Crippen molar-refractivity contribution in [2.75, 3.05) is 90.4 Å². The molecule has 5 heterocycles. The number of unbranched alkanes of at least 4 members (excludes halogenated alkanes) is 12. The maximum atomic E-state index is 12.9. The van der Waals surface area contributed by atoms with Crippen molar-refractivity contribution in [2.24, 2.45) is 0 Å². The summed E-state index contributed by atoms with van der Waals surface area (Å²) in [6.07, 6.45) is 39.4. The first kappa shape index (κ1) is 108. The van der Waals surface area contributed by atoms with Gasteiger partial charge in [-0.05, 0) is 215 Å². The molecule has 0 unspecified atom stereocenters. The number of hydrogen-bond acceptors (Lipinski definition) is 14. The van der Waals surface area contributed by atoms with Gasteiger partial charge in [-0.15, -0.1) is 22.1 Å². The topological polar surface area (TPSA) is 293 Å². The Balaban J connectivity index is 0.000000430. The fraction of sp³-hybridized carbons (Fsp3) is 0.540. The number of quaternary nitrogens is 3. The van der Waals surface area contributed by atoms with E-state index in [2.05, 4.69) is 93.7 Å². The summed E-state index contributed by atoms with van der Waals surface area (Å²) in [7, 11) is -14.4. The Kier molecular flexibility index (Phi) is 46.6. The Morgan fingerprint density at radius 3 is 0.744 bits per heavy atom. The summed E-state index contributed by atoms with van der Waals surface area (Å²) < 4.78 is 117. The Morgan fingerprint density at radius 2 is 0.552 bits per heavy atom. The van der Waals surface area contributed by atoms with E-state index in [1.54, 1.807) is 93.6 Å². The molecule has 0 fully saturated rings. The number of alkyl carbamates (subject to hydrolysis) is 1. The van der Waals surface area contributed by atoms with Crippen molar-refractivity contribution < 1.29 is 83.8 Å². The summed E-state index contributed by atoms with van der Waals surface area (Å²) in [5.74, 6) is -0.371. The monoisotopic (exact) mass is 1820 g/mol. The minimum absolute atomic E-state index is 0. The Labute approximate surface area is 761 Å². The summed E-state index contributed by atoms with van der Waals surface area (Å²) in [5, 5.41) is 5.39. The molecule has 0 spiro atoms. The number of carbonyl (C=O) groups is 2. The van der Waals surface area contributed by atoms with Crippen LogP contribution in [0.2, 0.25) is 0 Å². The number of hydrogen-bond donors (Lipinski definition) is 2. The fourth-order valence-corrected chi connectivity index (χ4v) is 17.5. The van der Waals surface area contributed by atoms with Gasteiger partial charge in [-0.1, -0.05) is 233 Å². The molecule has 125 heavy (non-hydrogen) atoms. The molecule has 0 radical (unpaired) electrons. The van der Waals surface area contributed by atoms with Crippen LogP contribution in [-0.4, -0.2) is 165 Å². The van der Waals surface area contributed by atoms with Gasteiger partial charge in [0, 0.05) is 18.7 Å². The van der Waals surface area contributed by atoms with E-state index >= 15 is 0 Å². The van der Waals surface area contributed by atoms with Gasteiger partial charge in [0.2, 0.25) is 5.91 Å². The van der Waals surface area contributed by atoms with E-state index in [1.165, 1.54) is 319 Å². The number of anilines is 1. The van der Waals surface area contributed by atoms with Crippen LogP contribution >= 0.6 is 0 Å². The quantitative estimate of drug-likeness (QED) is 0.0203. The molecule has 21 nitrogen and oxygen atoms in total. The molecule has 4 aromatic carbocycles. The van der Waals surface area contributed by atoms with Crippen LogP contribution in [0.15, 0.2) is 136 Å². The van der Waals surface area contributed by atoms with E-state index in [1.807, 2.05) is 0 Å². The summed E-state index contributed by atoms with van der Waals surface area (Å²) in [5.41, 5.74) is 6.39. The Hall–Kier alpha value is -7.65. The standard InChI is InChI=1S/C52H44N6O12S3.3C16H36N.Fe/c1-52(2,3)70-51(60)53-29-28-46(59)54-34-12-4-30(5-13-34)47-38-20-22-40(55-38)48(31-6-14-35(15-7-31)71(61,62)63)42-24-26-44(57-42)50(33-10-18-37(19-11-33)73(67,68)69)45-27-25-43(58-45)49(41-23-21-39(47)56-41)32-8-16-36(17-9-32)72(64,65)66;3*1-5-9-13-17(14-10-6-2,15-11-7-3)16-12-8-4;/h4-27H,28-29H2,1-3H3,(H7,53,54,55,56,57,58,59,60,61,62,63,64,65,66,67,68,69);3*5-16H2,1-4H3;/q;3*+1;+2/p-5. The second kappa shape index (κ2) is 54.0. The third kappa shape index (κ3) is 34.7.